The second-order valence-corrected chi connectivity index (χ2v) is 5.22. The average molecular weight is 254 g/mol. The maximum Gasteiger partial charge on any atom is 0.228 e. The summed E-state index contributed by atoms with van der Waals surface area (Å²) in [6.45, 7) is 3.59. The highest BCUT2D eigenvalue weighted by atomic mass is 32.1. The Morgan fingerprint density at radius 3 is 3.00 bits per heavy atom. The van der Waals surface area contributed by atoms with Crippen molar-refractivity contribution in [1.82, 2.24) is 10.2 Å². The van der Waals surface area contributed by atoms with Crippen molar-refractivity contribution in [2.75, 3.05) is 33.4 Å². The Balaban J connectivity index is 1.94. The van der Waals surface area contributed by atoms with E-state index in [0.29, 0.717) is 19.7 Å². The van der Waals surface area contributed by atoms with E-state index in [1.165, 1.54) is 4.88 Å². The molecule has 1 aliphatic rings. The van der Waals surface area contributed by atoms with Crippen molar-refractivity contribution in [3.05, 3.63) is 22.4 Å². The quantitative estimate of drug-likeness (QED) is 0.821. The molecule has 1 aromatic rings. The summed E-state index contributed by atoms with van der Waals surface area (Å²) in [5.41, 5.74) is 0. The lowest BCUT2D eigenvalue weighted by molar-refractivity contribution is -0.138. The molecule has 4 nitrogen and oxygen atoms in total. The van der Waals surface area contributed by atoms with Crippen molar-refractivity contribution >= 4 is 17.2 Å². The molecule has 0 saturated carbocycles. The standard InChI is InChI=1S/C12H18N2O2S/c1-16-5-4-14(9-11-3-2-6-17-11)12(15)10-7-13-8-10/h2-3,6,10,13H,4-5,7-9H2,1H3. The molecule has 5 heteroatoms. The number of hydrogen-bond acceptors (Lipinski definition) is 4. The third kappa shape index (κ3) is 3.28. The van der Waals surface area contributed by atoms with E-state index in [0.717, 1.165) is 13.1 Å². The molecule has 0 radical (unpaired) electrons. The Morgan fingerprint density at radius 1 is 1.65 bits per heavy atom. The van der Waals surface area contributed by atoms with Gasteiger partial charge in [0.1, 0.15) is 0 Å². The number of ether oxygens (including phenoxy) is 1. The molecule has 1 fully saturated rings. The number of carbonyl (C=O) groups excluding carboxylic acids is 1. The molecule has 0 spiro atoms. The van der Waals surface area contributed by atoms with Crippen LogP contribution in [0.5, 0.6) is 0 Å². The van der Waals surface area contributed by atoms with Crippen molar-refractivity contribution in [3.63, 3.8) is 0 Å². The van der Waals surface area contributed by atoms with Gasteiger partial charge in [-0.1, -0.05) is 6.07 Å². The molecule has 1 amide bonds. The van der Waals surface area contributed by atoms with Gasteiger partial charge in [0, 0.05) is 31.6 Å². The van der Waals surface area contributed by atoms with Crippen molar-refractivity contribution in [3.8, 4) is 0 Å². The Morgan fingerprint density at radius 2 is 2.47 bits per heavy atom. The van der Waals surface area contributed by atoms with E-state index < -0.39 is 0 Å². The van der Waals surface area contributed by atoms with Crippen LogP contribution in [-0.2, 0) is 16.1 Å². The highest BCUT2D eigenvalue weighted by Crippen LogP contribution is 2.15. The molecule has 17 heavy (non-hydrogen) atoms. The van der Waals surface area contributed by atoms with Gasteiger partial charge in [0.05, 0.1) is 19.1 Å². The molecule has 2 rings (SSSR count). The number of thiophene rings is 1. The van der Waals surface area contributed by atoms with Crippen LogP contribution in [0.1, 0.15) is 4.88 Å². The zero-order chi connectivity index (χ0) is 12.1. The fourth-order valence-electron chi connectivity index (χ4n) is 1.78. The molecule has 0 aliphatic carbocycles. The predicted molar refractivity (Wildman–Crippen MR) is 68.0 cm³/mol. The van der Waals surface area contributed by atoms with Crippen LogP contribution in [-0.4, -0.2) is 44.2 Å². The Labute approximate surface area is 106 Å². The van der Waals surface area contributed by atoms with E-state index >= 15 is 0 Å². The minimum Gasteiger partial charge on any atom is -0.383 e. The molecule has 0 unspecified atom stereocenters. The fraction of sp³-hybridized carbons (Fsp3) is 0.583. The van der Waals surface area contributed by atoms with E-state index in [4.69, 9.17) is 4.74 Å². The number of amides is 1. The number of methoxy groups -OCH3 is 1. The largest absolute Gasteiger partial charge is 0.383 e. The van der Waals surface area contributed by atoms with Gasteiger partial charge < -0.3 is 15.0 Å². The van der Waals surface area contributed by atoms with Crippen LogP contribution in [0.2, 0.25) is 0 Å². The van der Waals surface area contributed by atoms with E-state index in [1.807, 2.05) is 16.3 Å². The lowest BCUT2D eigenvalue weighted by Gasteiger charge is -2.32. The summed E-state index contributed by atoms with van der Waals surface area (Å²) in [7, 11) is 1.67. The maximum absolute atomic E-state index is 12.2. The van der Waals surface area contributed by atoms with Gasteiger partial charge in [-0.15, -0.1) is 11.3 Å². The zero-order valence-electron chi connectivity index (χ0n) is 10.0. The minimum absolute atomic E-state index is 0.159. The molecule has 1 aromatic heterocycles. The topological polar surface area (TPSA) is 41.6 Å². The first-order valence-electron chi connectivity index (χ1n) is 5.82. The van der Waals surface area contributed by atoms with Crippen molar-refractivity contribution in [1.29, 1.82) is 0 Å². The van der Waals surface area contributed by atoms with Gasteiger partial charge in [-0.25, -0.2) is 0 Å². The third-order valence-corrected chi connectivity index (χ3v) is 3.80. The molecule has 1 N–H and O–H groups in total. The highest BCUT2D eigenvalue weighted by Gasteiger charge is 2.29. The first-order chi connectivity index (χ1) is 8.31. The number of rotatable bonds is 6. The predicted octanol–water partition coefficient (Wildman–Crippen LogP) is 0.943. The normalized spacial score (nSPS) is 15.6. The van der Waals surface area contributed by atoms with E-state index in [2.05, 4.69) is 11.4 Å². The number of nitrogens with zero attached hydrogens (tertiary/aromatic N) is 1. The molecule has 94 valence electrons. The molecule has 1 saturated heterocycles. The van der Waals surface area contributed by atoms with Crippen molar-refractivity contribution in [2.45, 2.75) is 6.54 Å². The molecule has 0 atom stereocenters. The fourth-order valence-corrected chi connectivity index (χ4v) is 2.50. The maximum atomic E-state index is 12.2. The van der Waals surface area contributed by atoms with Gasteiger partial charge in [0.25, 0.3) is 0 Å². The Hall–Kier alpha value is -0.910. The van der Waals surface area contributed by atoms with Gasteiger partial charge >= 0.3 is 0 Å². The molecule has 0 aromatic carbocycles. The van der Waals surface area contributed by atoms with E-state index in [1.54, 1.807) is 18.4 Å². The summed E-state index contributed by atoms with van der Waals surface area (Å²) in [5.74, 6) is 0.404. The zero-order valence-corrected chi connectivity index (χ0v) is 10.8. The second-order valence-electron chi connectivity index (χ2n) is 4.19. The smallest absolute Gasteiger partial charge is 0.228 e. The summed E-state index contributed by atoms with van der Waals surface area (Å²) in [4.78, 5) is 15.3. The van der Waals surface area contributed by atoms with Gasteiger partial charge in [0.2, 0.25) is 5.91 Å². The van der Waals surface area contributed by atoms with Crippen LogP contribution in [0.25, 0.3) is 0 Å². The van der Waals surface area contributed by atoms with E-state index in [-0.39, 0.29) is 11.8 Å². The molecular weight excluding hydrogens is 236 g/mol. The van der Waals surface area contributed by atoms with Crippen LogP contribution >= 0.6 is 11.3 Å². The van der Waals surface area contributed by atoms with Gasteiger partial charge in [-0.2, -0.15) is 0 Å². The van der Waals surface area contributed by atoms with Gasteiger partial charge in [-0.05, 0) is 11.4 Å². The Kier molecular flexibility index (Phi) is 4.53. The van der Waals surface area contributed by atoms with Crippen molar-refractivity contribution < 1.29 is 9.53 Å². The number of carbonyl (C=O) groups is 1. The number of nitrogens with one attached hydrogen (secondary N) is 1. The lowest BCUT2D eigenvalue weighted by Crippen LogP contribution is -2.52. The summed E-state index contributed by atoms with van der Waals surface area (Å²) in [6.07, 6.45) is 0. The van der Waals surface area contributed by atoms with E-state index in [9.17, 15) is 4.79 Å². The minimum atomic E-state index is 0.159. The molecule has 1 aliphatic heterocycles. The number of hydrogen-bond donors (Lipinski definition) is 1. The SMILES string of the molecule is COCCN(Cc1cccs1)C(=O)C1CNC1. The van der Waals surface area contributed by atoms with Crippen LogP contribution in [0, 0.1) is 5.92 Å². The molecule has 0 bridgehead atoms. The van der Waals surface area contributed by atoms with Crippen LogP contribution in [0.15, 0.2) is 17.5 Å². The van der Waals surface area contributed by atoms with Crippen LogP contribution in [0.4, 0.5) is 0 Å². The molecular formula is C12H18N2O2S. The summed E-state index contributed by atoms with van der Waals surface area (Å²) >= 11 is 1.69. The second kappa shape index (κ2) is 6.14. The average Bonchev–Trinajstić information content (AvgIpc) is 2.74. The van der Waals surface area contributed by atoms with Gasteiger partial charge in [-0.3, -0.25) is 4.79 Å². The Bertz CT molecular complexity index is 349. The molecule has 2 heterocycles. The highest BCUT2D eigenvalue weighted by molar-refractivity contribution is 7.09. The first-order valence-corrected chi connectivity index (χ1v) is 6.70. The third-order valence-electron chi connectivity index (χ3n) is 2.93. The van der Waals surface area contributed by atoms with Crippen LogP contribution in [0.3, 0.4) is 0 Å². The summed E-state index contributed by atoms with van der Waals surface area (Å²) < 4.78 is 5.07. The van der Waals surface area contributed by atoms with Crippen molar-refractivity contribution in [2.24, 2.45) is 5.92 Å². The van der Waals surface area contributed by atoms with Gasteiger partial charge in [0.15, 0.2) is 0 Å². The monoisotopic (exact) mass is 254 g/mol. The first kappa shape index (κ1) is 12.5. The summed E-state index contributed by atoms with van der Waals surface area (Å²) in [5, 5.41) is 5.18. The van der Waals surface area contributed by atoms with Crippen LogP contribution < -0.4 is 5.32 Å². The lowest BCUT2D eigenvalue weighted by atomic mass is 10.0. The summed E-state index contributed by atoms with van der Waals surface area (Å²) in [6, 6.07) is 4.08.